The Hall–Kier alpha value is -2.73. The van der Waals surface area contributed by atoms with Gasteiger partial charge in [-0.15, -0.1) is 0 Å². The third-order valence-corrected chi connectivity index (χ3v) is 5.34. The molecule has 0 amide bonds. The van der Waals surface area contributed by atoms with Crippen molar-refractivity contribution in [3.8, 4) is 0 Å². The molecule has 0 unspecified atom stereocenters. The first-order valence-corrected chi connectivity index (χ1v) is 8.43. The van der Waals surface area contributed by atoms with Gasteiger partial charge in [-0.25, -0.2) is 4.58 Å². The van der Waals surface area contributed by atoms with Crippen LogP contribution in [-0.2, 0) is 16.7 Å². The number of non-ortho nitro benzene ring substituents is 1. The monoisotopic (exact) mass is 338 g/mol. The normalized spacial score (nSPS) is 18.9. The fourth-order valence-electron chi connectivity index (χ4n) is 4.03. The Morgan fingerprint density at radius 1 is 1.12 bits per heavy atom. The van der Waals surface area contributed by atoms with Gasteiger partial charge in [-0.1, -0.05) is 30.3 Å². The second kappa shape index (κ2) is 5.97. The van der Waals surface area contributed by atoms with E-state index in [2.05, 4.69) is 12.1 Å². The van der Waals surface area contributed by atoms with Crippen LogP contribution in [0, 0.1) is 10.1 Å². The first-order chi connectivity index (χ1) is 12.1. The topological polar surface area (TPSA) is 81.4 Å². The maximum absolute atomic E-state index is 11.1. The van der Waals surface area contributed by atoms with Gasteiger partial charge in [0.25, 0.3) is 11.5 Å². The highest BCUT2D eigenvalue weighted by atomic mass is 16.6. The van der Waals surface area contributed by atoms with E-state index in [1.54, 1.807) is 12.1 Å². The summed E-state index contributed by atoms with van der Waals surface area (Å²) in [6.45, 7) is 1.95. The number of amidine groups is 1. The van der Waals surface area contributed by atoms with Crippen molar-refractivity contribution in [1.82, 2.24) is 0 Å². The number of hydrogen-bond donors (Lipinski definition) is 1. The zero-order valence-corrected chi connectivity index (χ0v) is 13.9. The number of nitro benzene ring substituents is 1. The van der Waals surface area contributed by atoms with Gasteiger partial charge in [-0.3, -0.25) is 15.8 Å². The largest absolute Gasteiger partial charge is 0.381 e. The standard InChI is InChI=1S/C19H19N3O3/c20-18-19(8-10-25-11-9-19)17-7-2-1-4-14(17)13-21(18)15-5-3-6-16(12-15)22(23)24/h1-7,12,20H,8-11,13H2/p+1. The molecule has 128 valence electrons. The Morgan fingerprint density at radius 2 is 1.88 bits per heavy atom. The van der Waals surface area contributed by atoms with E-state index in [0.29, 0.717) is 19.8 Å². The minimum Gasteiger partial charge on any atom is -0.381 e. The molecular formula is C19H20N3O3+. The maximum Gasteiger partial charge on any atom is 0.273 e. The van der Waals surface area contributed by atoms with Crippen LogP contribution in [0.2, 0.25) is 0 Å². The predicted molar refractivity (Wildman–Crippen MR) is 94.1 cm³/mol. The van der Waals surface area contributed by atoms with Gasteiger partial charge in [0.1, 0.15) is 17.6 Å². The number of ether oxygens (including phenoxy) is 1. The average molecular weight is 338 g/mol. The lowest BCUT2D eigenvalue weighted by Crippen LogP contribution is -2.52. The summed E-state index contributed by atoms with van der Waals surface area (Å²) in [6.07, 6.45) is 1.64. The minimum atomic E-state index is -0.373. The molecule has 2 aliphatic rings. The van der Waals surface area contributed by atoms with Gasteiger partial charge >= 0.3 is 0 Å². The SMILES string of the molecule is NC1=[N+](c2cccc([N+](=O)[O-])c2)Cc2ccccc2C12CCOCC2. The van der Waals surface area contributed by atoms with Crippen LogP contribution in [-0.4, -0.2) is 28.5 Å². The number of nitrogens with two attached hydrogens (primary N) is 1. The summed E-state index contributed by atoms with van der Waals surface area (Å²) in [4.78, 5) is 10.8. The Morgan fingerprint density at radius 3 is 2.64 bits per heavy atom. The molecule has 6 heteroatoms. The molecule has 2 N–H and O–H groups in total. The van der Waals surface area contributed by atoms with Crippen LogP contribution in [0.25, 0.3) is 0 Å². The number of nitrogens with zero attached hydrogens (tertiary/aromatic N) is 2. The molecule has 1 fully saturated rings. The number of rotatable bonds is 2. The van der Waals surface area contributed by atoms with Gasteiger partial charge in [0, 0.05) is 19.3 Å². The number of hydrogen-bond acceptors (Lipinski definition) is 4. The van der Waals surface area contributed by atoms with Gasteiger partial charge in [-0.05, 0) is 30.0 Å². The number of nitro groups is 1. The van der Waals surface area contributed by atoms with E-state index in [0.717, 1.165) is 24.4 Å². The van der Waals surface area contributed by atoms with E-state index >= 15 is 0 Å². The maximum atomic E-state index is 11.1. The summed E-state index contributed by atoms with van der Waals surface area (Å²) < 4.78 is 7.59. The number of benzene rings is 2. The van der Waals surface area contributed by atoms with Gasteiger partial charge in [0.2, 0.25) is 0 Å². The second-order valence-electron chi connectivity index (χ2n) is 6.60. The highest BCUT2D eigenvalue weighted by Gasteiger charge is 2.47. The Kier molecular flexibility index (Phi) is 3.77. The van der Waals surface area contributed by atoms with Crippen molar-refractivity contribution >= 4 is 17.2 Å². The van der Waals surface area contributed by atoms with Crippen molar-refractivity contribution in [3.63, 3.8) is 0 Å². The molecule has 2 aliphatic heterocycles. The van der Waals surface area contributed by atoms with E-state index in [-0.39, 0.29) is 16.0 Å². The lowest BCUT2D eigenvalue weighted by atomic mass is 9.70. The molecule has 25 heavy (non-hydrogen) atoms. The van der Waals surface area contributed by atoms with Crippen molar-refractivity contribution in [2.75, 3.05) is 13.2 Å². The molecule has 1 saturated heterocycles. The predicted octanol–water partition coefficient (Wildman–Crippen LogP) is 2.86. The van der Waals surface area contributed by atoms with Gasteiger partial charge in [0.15, 0.2) is 0 Å². The molecule has 2 aromatic rings. The summed E-state index contributed by atoms with van der Waals surface area (Å²) in [5.41, 5.74) is 9.72. The summed E-state index contributed by atoms with van der Waals surface area (Å²) in [7, 11) is 0. The Bertz CT molecular complexity index is 870. The van der Waals surface area contributed by atoms with E-state index in [1.165, 1.54) is 17.2 Å². The van der Waals surface area contributed by atoms with E-state index in [4.69, 9.17) is 10.5 Å². The van der Waals surface area contributed by atoms with Crippen LogP contribution in [0.5, 0.6) is 0 Å². The molecule has 4 rings (SSSR count). The fraction of sp³-hybridized carbons (Fsp3) is 0.316. The van der Waals surface area contributed by atoms with E-state index < -0.39 is 0 Å². The molecule has 0 aliphatic carbocycles. The van der Waals surface area contributed by atoms with Crippen LogP contribution in [0.3, 0.4) is 0 Å². The molecule has 6 nitrogen and oxygen atoms in total. The first-order valence-electron chi connectivity index (χ1n) is 8.43. The lowest BCUT2D eigenvalue weighted by molar-refractivity contribution is -0.466. The Labute approximate surface area is 145 Å². The molecule has 1 spiro atoms. The summed E-state index contributed by atoms with van der Waals surface area (Å²) in [5, 5.41) is 11.1. The Balaban J connectivity index is 1.89. The summed E-state index contributed by atoms with van der Waals surface area (Å²) in [6, 6.07) is 15.0. The highest BCUT2D eigenvalue weighted by molar-refractivity contribution is 5.90. The third kappa shape index (κ3) is 2.49. The molecule has 0 saturated carbocycles. The quantitative estimate of drug-likeness (QED) is 0.519. The van der Waals surface area contributed by atoms with Crippen LogP contribution < -0.4 is 5.73 Å². The summed E-state index contributed by atoms with van der Waals surface area (Å²) in [5.74, 6) is 0.759. The zero-order valence-electron chi connectivity index (χ0n) is 13.9. The van der Waals surface area contributed by atoms with Crippen molar-refractivity contribution in [2.45, 2.75) is 24.8 Å². The van der Waals surface area contributed by atoms with Crippen LogP contribution in [0.1, 0.15) is 24.0 Å². The second-order valence-corrected chi connectivity index (χ2v) is 6.60. The number of fused-ring (bicyclic) bond motifs is 2. The smallest absolute Gasteiger partial charge is 0.273 e. The van der Waals surface area contributed by atoms with Crippen LogP contribution in [0.15, 0.2) is 48.5 Å². The average Bonchev–Trinajstić information content (AvgIpc) is 2.66. The van der Waals surface area contributed by atoms with Gasteiger partial charge in [0.05, 0.1) is 11.0 Å². The molecule has 0 atom stereocenters. The molecule has 2 aromatic carbocycles. The molecule has 0 aromatic heterocycles. The van der Waals surface area contributed by atoms with Crippen molar-refractivity contribution in [3.05, 3.63) is 69.8 Å². The first kappa shape index (κ1) is 15.8. The van der Waals surface area contributed by atoms with Gasteiger partial charge < -0.3 is 4.74 Å². The fourth-order valence-corrected chi connectivity index (χ4v) is 4.03. The van der Waals surface area contributed by atoms with E-state index in [9.17, 15) is 10.1 Å². The van der Waals surface area contributed by atoms with Crippen LogP contribution >= 0.6 is 0 Å². The summed E-state index contributed by atoms with van der Waals surface area (Å²) >= 11 is 0. The minimum absolute atomic E-state index is 0.0742. The lowest BCUT2D eigenvalue weighted by Gasteiger charge is -2.39. The van der Waals surface area contributed by atoms with Crippen molar-refractivity contribution in [2.24, 2.45) is 5.73 Å². The molecular weight excluding hydrogens is 318 g/mol. The zero-order chi connectivity index (χ0) is 17.4. The molecule has 2 heterocycles. The van der Waals surface area contributed by atoms with Gasteiger partial charge in [-0.2, -0.15) is 0 Å². The van der Waals surface area contributed by atoms with Crippen LogP contribution in [0.4, 0.5) is 11.4 Å². The third-order valence-electron chi connectivity index (χ3n) is 5.34. The molecule has 0 radical (unpaired) electrons. The highest BCUT2D eigenvalue weighted by Crippen LogP contribution is 2.41. The van der Waals surface area contributed by atoms with Crippen molar-refractivity contribution < 1.29 is 14.2 Å². The molecule has 0 bridgehead atoms. The van der Waals surface area contributed by atoms with E-state index in [1.807, 2.05) is 22.8 Å². The van der Waals surface area contributed by atoms with Crippen molar-refractivity contribution in [1.29, 1.82) is 0 Å².